The standard InChI is InChI=1S/C40H42F3N9O4/c1-48-37(53)13-14-51(39(48)55)34-22-44-21-29-28(34)5-3-7-33(29)50-17-15-49(16-18-50)23-25-9-11-27(12-10-25)52-24-26-19-32(35(56-2)20-31(26)47-52)46-38(54)30-6-4-8-36(45-30)40(41,42)43/h3-8,19-22,24-25,27H,9-18,23H2,1-2H3,(H,46,54)/t25-,27-. The minimum Gasteiger partial charge on any atom is -0.494 e. The molecular formula is C40H42F3N9O4. The smallest absolute Gasteiger partial charge is 0.433 e. The fourth-order valence-electron chi connectivity index (χ4n) is 8.20. The minimum absolute atomic E-state index is 0.179. The van der Waals surface area contributed by atoms with Gasteiger partial charge >= 0.3 is 12.2 Å². The number of hydrogen-bond donors (Lipinski definition) is 1. The van der Waals surface area contributed by atoms with E-state index in [4.69, 9.17) is 9.84 Å². The van der Waals surface area contributed by atoms with Gasteiger partial charge in [-0.3, -0.25) is 34.0 Å². The number of fused-ring (bicyclic) bond motifs is 2. The lowest BCUT2D eigenvalue weighted by molar-refractivity contribution is -0.141. The Bertz CT molecular complexity index is 2300. The summed E-state index contributed by atoms with van der Waals surface area (Å²) in [7, 11) is 2.98. The Labute approximate surface area is 321 Å². The van der Waals surface area contributed by atoms with Crippen molar-refractivity contribution in [3.05, 3.63) is 78.5 Å². The number of piperazine rings is 1. The zero-order valence-corrected chi connectivity index (χ0v) is 31.1. The molecule has 0 atom stereocenters. The molecule has 5 heterocycles. The van der Waals surface area contributed by atoms with Crippen LogP contribution in [-0.4, -0.2) is 101 Å². The van der Waals surface area contributed by atoms with Crippen molar-refractivity contribution in [2.75, 3.05) is 68.5 Å². The second-order valence-corrected chi connectivity index (χ2v) is 14.7. The molecule has 56 heavy (non-hydrogen) atoms. The first-order valence-electron chi connectivity index (χ1n) is 18.8. The van der Waals surface area contributed by atoms with Crippen LogP contribution in [0.4, 0.5) is 35.0 Å². The summed E-state index contributed by atoms with van der Waals surface area (Å²) in [6.07, 6.45) is 5.24. The number of carbonyl (C=O) groups is 3. The summed E-state index contributed by atoms with van der Waals surface area (Å²) in [5, 5.41) is 10.2. The van der Waals surface area contributed by atoms with Crippen molar-refractivity contribution < 1.29 is 32.3 Å². The van der Waals surface area contributed by atoms with Crippen LogP contribution in [0.15, 0.2) is 67.1 Å². The summed E-state index contributed by atoms with van der Waals surface area (Å²) in [6.45, 7) is 5.00. The summed E-state index contributed by atoms with van der Waals surface area (Å²) >= 11 is 0. The number of benzene rings is 2. The van der Waals surface area contributed by atoms with Crippen LogP contribution in [0.25, 0.3) is 21.7 Å². The number of halogens is 3. The number of ether oxygens (including phenoxy) is 1. The number of rotatable bonds is 8. The SMILES string of the molecule is COc1cc2nn([C@H]3CC[C@H](CN4CCN(c5cccc6c(N7CCC(=O)N(C)C7=O)cncc56)CC4)CC3)cc2cc1NC(=O)c1cccc(C(F)(F)F)n1. The lowest BCUT2D eigenvalue weighted by Crippen LogP contribution is -2.50. The summed E-state index contributed by atoms with van der Waals surface area (Å²) in [4.78, 5) is 53.7. The molecule has 292 valence electrons. The van der Waals surface area contributed by atoms with Crippen molar-refractivity contribution in [2.24, 2.45) is 5.92 Å². The number of nitrogens with zero attached hydrogens (tertiary/aromatic N) is 8. The van der Waals surface area contributed by atoms with Crippen molar-refractivity contribution in [2.45, 2.75) is 44.3 Å². The van der Waals surface area contributed by atoms with E-state index in [0.29, 0.717) is 35.1 Å². The number of methoxy groups -OCH3 is 1. The number of urea groups is 1. The molecule has 5 aromatic rings. The lowest BCUT2D eigenvalue weighted by Gasteiger charge is -2.39. The molecule has 2 aliphatic heterocycles. The maximum Gasteiger partial charge on any atom is 0.433 e. The number of alkyl halides is 3. The summed E-state index contributed by atoms with van der Waals surface area (Å²) in [6, 6.07) is 12.7. The molecule has 3 fully saturated rings. The monoisotopic (exact) mass is 769 g/mol. The molecule has 4 amide bonds. The van der Waals surface area contributed by atoms with Gasteiger partial charge in [-0.05, 0) is 55.9 Å². The molecule has 2 aromatic carbocycles. The molecular weight excluding hydrogens is 727 g/mol. The van der Waals surface area contributed by atoms with Crippen LogP contribution in [0.3, 0.4) is 0 Å². The summed E-state index contributed by atoms with van der Waals surface area (Å²) in [5.74, 6) is -0.0393. The second kappa shape index (κ2) is 15.0. The molecule has 8 rings (SSSR count). The highest BCUT2D eigenvalue weighted by atomic mass is 19.4. The highest BCUT2D eigenvalue weighted by molar-refractivity contribution is 6.11. The normalized spacial score (nSPS) is 19.9. The summed E-state index contributed by atoms with van der Waals surface area (Å²) < 4.78 is 47.0. The van der Waals surface area contributed by atoms with Gasteiger partial charge in [0.15, 0.2) is 0 Å². The molecule has 1 aliphatic carbocycles. The van der Waals surface area contributed by atoms with Gasteiger partial charge in [-0.2, -0.15) is 18.3 Å². The maximum absolute atomic E-state index is 13.2. The highest BCUT2D eigenvalue weighted by Crippen LogP contribution is 2.37. The molecule has 13 nitrogen and oxygen atoms in total. The molecule has 1 saturated carbocycles. The van der Waals surface area contributed by atoms with Crippen LogP contribution >= 0.6 is 0 Å². The van der Waals surface area contributed by atoms with Gasteiger partial charge in [-0.1, -0.05) is 18.2 Å². The molecule has 0 spiro atoms. The Morgan fingerprint density at radius 2 is 1.70 bits per heavy atom. The van der Waals surface area contributed by atoms with Gasteiger partial charge in [0.05, 0.1) is 36.2 Å². The molecule has 2 saturated heterocycles. The number of pyridine rings is 2. The van der Waals surface area contributed by atoms with E-state index in [1.165, 1.54) is 25.1 Å². The average Bonchev–Trinajstić information content (AvgIpc) is 3.62. The van der Waals surface area contributed by atoms with Gasteiger partial charge in [0.1, 0.15) is 17.1 Å². The fraction of sp³-hybridized carbons (Fsp3) is 0.400. The van der Waals surface area contributed by atoms with Gasteiger partial charge in [-0.25, -0.2) is 9.78 Å². The predicted octanol–water partition coefficient (Wildman–Crippen LogP) is 6.60. The molecule has 0 bridgehead atoms. The third kappa shape index (κ3) is 7.32. The van der Waals surface area contributed by atoms with Gasteiger partial charge in [0, 0.05) is 93.0 Å². The Hall–Kier alpha value is -5.77. The zero-order chi connectivity index (χ0) is 39.1. The van der Waals surface area contributed by atoms with Gasteiger partial charge < -0.3 is 15.0 Å². The Morgan fingerprint density at radius 1 is 0.929 bits per heavy atom. The number of imide groups is 1. The van der Waals surface area contributed by atoms with Crippen LogP contribution in [0, 0.1) is 5.92 Å². The number of anilines is 3. The van der Waals surface area contributed by atoms with Gasteiger partial charge in [-0.15, -0.1) is 0 Å². The second-order valence-electron chi connectivity index (χ2n) is 14.7. The third-order valence-electron chi connectivity index (χ3n) is 11.3. The topological polar surface area (TPSA) is 129 Å². The summed E-state index contributed by atoms with van der Waals surface area (Å²) in [5.41, 5.74) is 1.33. The van der Waals surface area contributed by atoms with Crippen LogP contribution in [0.5, 0.6) is 5.75 Å². The maximum atomic E-state index is 13.2. The van der Waals surface area contributed by atoms with E-state index in [9.17, 15) is 27.6 Å². The first-order chi connectivity index (χ1) is 27.0. The Balaban J connectivity index is 0.868. The largest absolute Gasteiger partial charge is 0.494 e. The van der Waals surface area contributed by atoms with Gasteiger partial charge in [0.2, 0.25) is 5.91 Å². The van der Waals surface area contributed by atoms with Crippen molar-refractivity contribution in [1.82, 2.24) is 29.5 Å². The molecule has 16 heteroatoms. The first-order valence-corrected chi connectivity index (χ1v) is 18.8. The van der Waals surface area contributed by atoms with Crippen molar-refractivity contribution in [3.63, 3.8) is 0 Å². The van der Waals surface area contributed by atoms with E-state index < -0.39 is 17.8 Å². The van der Waals surface area contributed by atoms with Gasteiger partial charge in [0.25, 0.3) is 5.91 Å². The quantitative estimate of drug-likeness (QED) is 0.186. The minimum atomic E-state index is -4.67. The zero-order valence-electron chi connectivity index (χ0n) is 31.1. The number of amides is 4. The number of nitrogens with one attached hydrogen (secondary N) is 1. The fourth-order valence-corrected chi connectivity index (χ4v) is 8.20. The van der Waals surface area contributed by atoms with Crippen molar-refractivity contribution in [1.29, 1.82) is 0 Å². The number of carbonyl (C=O) groups excluding carboxylic acids is 3. The van der Waals surface area contributed by atoms with Crippen LogP contribution in [0.1, 0.15) is 54.3 Å². The van der Waals surface area contributed by atoms with E-state index in [2.05, 4.69) is 31.2 Å². The molecule has 3 aromatic heterocycles. The molecule has 3 aliphatic rings. The Kier molecular flexibility index (Phi) is 9.99. The van der Waals surface area contributed by atoms with Crippen molar-refractivity contribution in [3.8, 4) is 5.75 Å². The molecule has 0 unspecified atom stereocenters. The van der Waals surface area contributed by atoms with E-state index in [-0.39, 0.29) is 30.1 Å². The van der Waals surface area contributed by atoms with Crippen molar-refractivity contribution >= 4 is 56.6 Å². The third-order valence-corrected chi connectivity index (χ3v) is 11.3. The van der Waals surface area contributed by atoms with E-state index in [0.717, 1.165) is 92.4 Å². The molecule has 1 N–H and O–H groups in total. The van der Waals surface area contributed by atoms with E-state index >= 15 is 0 Å². The average molecular weight is 770 g/mol. The molecule has 0 radical (unpaired) electrons. The number of aromatic nitrogens is 4. The first kappa shape index (κ1) is 37.2. The predicted molar refractivity (Wildman–Crippen MR) is 205 cm³/mol. The highest BCUT2D eigenvalue weighted by Gasteiger charge is 2.34. The Morgan fingerprint density at radius 3 is 2.45 bits per heavy atom. The van der Waals surface area contributed by atoms with E-state index in [1.807, 2.05) is 29.2 Å². The van der Waals surface area contributed by atoms with Crippen LogP contribution in [-0.2, 0) is 11.0 Å². The van der Waals surface area contributed by atoms with E-state index in [1.54, 1.807) is 23.2 Å². The van der Waals surface area contributed by atoms with Crippen LogP contribution in [0.2, 0.25) is 0 Å². The lowest BCUT2D eigenvalue weighted by atomic mass is 9.85. The van der Waals surface area contributed by atoms with Crippen LogP contribution < -0.4 is 19.9 Å². The number of hydrogen-bond acceptors (Lipinski definition) is 9.